The Morgan fingerprint density at radius 2 is 2.10 bits per heavy atom. The lowest BCUT2D eigenvalue weighted by Gasteiger charge is -2.36. The predicted molar refractivity (Wildman–Crippen MR) is 74.4 cm³/mol. The fourth-order valence-corrected chi connectivity index (χ4v) is 2.46. The summed E-state index contributed by atoms with van der Waals surface area (Å²) in [7, 11) is 0. The monoisotopic (exact) mass is 277 g/mol. The van der Waals surface area contributed by atoms with E-state index in [-0.39, 0.29) is 0 Å². The number of pyridine rings is 1. The first kappa shape index (κ1) is 14.3. The van der Waals surface area contributed by atoms with Crippen molar-refractivity contribution in [2.24, 2.45) is 5.92 Å². The molecule has 6 nitrogen and oxygen atoms in total. The Hall–Kier alpha value is -2.11. The molecule has 1 saturated carbocycles. The fourth-order valence-electron chi connectivity index (χ4n) is 2.46. The molecule has 0 spiro atoms. The molecule has 1 aliphatic rings. The summed E-state index contributed by atoms with van der Waals surface area (Å²) < 4.78 is 0. The lowest BCUT2D eigenvalue weighted by molar-refractivity contribution is -0.146. The molecule has 1 aromatic heterocycles. The summed E-state index contributed by atoms with van der Waals surface area (Å²) in [5.41, 5.74) is -0.617. The first-order valence-electron chi connectivity index (χ1n) is 6.74. The topological polar surface area (TPSA) is 91.3 Å². The first-order chi connectivity index (χ1) is 9.52. The van der Waals surface area contributed by atoms with E-state index < -0.39 is 17.5 Å². The highest BCUT2D eigenvalue weighted by atomic mass is 16.4. The molecule has 20 heavy (non-hydrogen) atoms. The maximum atomic E-state index is 12.0. The number of carbonyl (C=O) groups is 2. The van der Waals surface area contributed by atoms with E-state index in [1.807, 2.05) is 0 Å². The van der Waals surface area contributed by atoms with Gasteiger partial charge >= 0.3 is 12.0 Å². The van der Waals surface area contributed by atoms with E-state index in [0.29, 0.717) is 24.4 Å². The third kappa shape index (κ3) is 3.26. The molecule has 0 aliphatic heterocycles. The van der Waals surface area contributed by atoms with Gasteiger partial charge in [-0.2, -0.15) is 0 Å². The second-order valence-electron chi connectivity index (χ2n) is 5.39. The van der Waals surface area contributed by atoms with Crippen molar-refractivity contribution in [3.63, 3.8) is 0 Å². The van der Waals surface area contributed by atoms with Crippen molar-refractivity contribution < 1.29 is 14.7 Å². The predicted octanol–water partition coefficient (Wildman–Crippen LogP) is 2.24. The molecular formula is C14H19N3O3. The molecule has 0 radical (unpaired) electrons. The summed E-state index contributed by atoms with van der Waals surface area (Å²) >= 11 is 0. The van der Waals surface area contributed by atoms with Gasteiger partial charge in [-0.15, -0.1) is 0 Å². The van der Waals surface area contributed by atoms with Crippen molar-refractivity contribution in [1.82, 2.24) is 10.3 Å². The average molecular weight is 277 g/mol. The number of nitrogens with one attached hydrogen (secondary N) is 2. The zero-order valence-electron chi connectivity index (χ0n) is 11.4. The molecule has 0 unspecified atom stereocenters. The zero-order valence-corrected chi connectivity index (χ0v) is 11.4. The molecule has 0 atom stereocenters. The standard InChI is InChI=1S/C14H19N3O3/c1-10-4-6-14(7-5-10,12(18)19)17-13(20)16-11-3-2-8-15-9-11/h2-3,8-10H,4-7H2,1H3,(H,18,19)(H2,16,17,20). The van der Waals surface area contributed by atoms with E-state index in [1.54, 1.807) is 18.3 Å². The molecule has 1 fully saturated rings. The number of amides is 2. The lowest BCUT2D eigenvalue weighted by Crippen LogP contribution is -2.57. The summed E-state index contributed by atoms with van der Waals surface area (Å²) in [5, 5.41) is 14.7. The van der Waals surface area contributed by atoms with Gasteiger partial charge in [0.2, 0.25) is 0 Å². The van der Waals surface area contributed by atoms with Crippen LogP contribution in [0.3, 0.4) is 0 Å². The van der Waals surface area contributed by atoms with Gasteiger partial charge in [0.05, 0.1) is 11.9 Å². The van der Waals surface area contributed by atoms with Crippen LogP contribution in [-0.4, -0.2) is 27.6 Å². The maximum absolute atomic E-state index is 12.0. The second-order valence-corrected chi connectivity index (χ2v) is 5.39. The minimum Gasteiger partial charge on any atom is -0.480 e. The van der Waals surface area contributed by atoms with Gasteiger partial charge in [0.1, 0.15) is 5.54 Å². The summed E-state index contributed by atoms with van der Waals surface area (Å²) in [6.45, 7) is 2.10. The third-order valence-electron chi connectivity index (χ3n) is 3.81. The van der Waals surface area contributed by atoms with Crippen LogP contribution in [0, 0.1) is 5.92 Å². The number of carbonyl (C=O) groups excluding carboxylic acids is 1. The van der Waals surface area contributed by atoms with Crippen molar-refractivity contribution in [1.29, 1.82) is 0 Å². The summed E-state index contributed by atoms with van der Waals surface area (Å²) in [6, 6.07) is 2.89. The molecule has 1 aliphatic carbocycles. The normalized spacial score (nSPS) is 25.8. The van der Waals surface area contributed by atoms with Gasteiger partial charge in [-0.1, -0.05) is 6.92 Å². The summed E-state index contributed by atoms with van der Waals surface area (Å²) in [4.78, 5) is 27.4. The van der Waals surface area contributed by atoms with Crippen molar-refractivity contribution >= 4 is 17.7 Å². The van der Waals surface area contributed by atoms with Crippen molar-refractivity contribution in [3.8, 4) is 0 Å². The minimum absolute atomic E-state index is 0.462. The largest absolute Gasteiger partial charge is 0.480 e. The van der Waals surface area contributed by atoms with Crippen molar-refractivity contribution in [2.75, 3.05) is 5.32 Å². The van der Waals surface area contributed by atoms with Crippen molar-refractivity contribution in [3.05, 3.63) is 24.5 Å². The van der Waals surface area contributed by atoms with Crippen LogP contribution < -0.4 is 10.6 Å². The van der Waals surface area contributed by atoms with E-state index in [0.717, 1.165) is 12.8 Å². The molecule has 0 saturated heterocycles. The van der Waals surface area contributed by atoms with Crippen LogP contribution in [0.5, 0.6) is 0 Å². The van der Waals surface area contributed by atoms with Crippen molar-refractivity contribution in [2.45, 2.75) is 38.1 Å². The van der Waals surface area contributed by atoms with Gasteiger partial charge in [0.15, 0.2) is 0 Å². The number of hydrogen-bond donors (Lipinski definition) is 3. The van der Waals surface area contributed by atoms with Gasteiger partial charge in [0, 0.05) is 6.20 Å². The van der Waals surface area contributed by atoms with Gasteiger partial charge < -0.3 is 15.7 Å². The smallest absolute Gasteiger partial charge is 0.329 e. The second kappa shape index (κ2) is 5.90. The Morgan fingerprint density at radius 3 is 2.65 bits per heavy atom. The van der Waals surface area contributed by atoms with Gasteiger partial charge in [0.25, 0.3) is 0 Å². The van der Waals surface area contributed by atoms with Crippen LogP contribution in [0.15, 0.2) is 24.5 Å². The molecule has 2 amide bonds. The first-order valence-corrected chi connectivity index (χ1v) is 6.74. The van der Waals surface area contributed by atoms with E-state index in [9.17, 15) is 14.7 Å². The number of hydrogen-bond acceptors (Lipinski definition) is 3. The van der Waals surface area contributed by atoms with E-state index in [1.165, 1.54) is 6.20 Å². The van der Waals surface area contributed by atoms with Crippen LogP contribution in [0.4, 0.5) is 10.5 Å². The molecule has 1 heterocycles. The number of carboxylic acids is 1. The van der Waals surface area contributed by atoms with E-state index in [2.05, 4.69) is 22.5 Å². The van der Waals surface area contributed by atoms with Crippen LogP contribution in [-0.2, 0) is 4.79 Å². The zero-order chi connectivity index (χ0) is 14.6. The summed E-state index contributed by atoms with van der Waals surface area (Å²) in [6.07, 6.45) is 5.65. The molecular weight excluding hydrogens is 258 g/mol. The van der Waals surface area contributed by atoms with Gasteiger partial charge in [-0.05, 0) is 43.7 Å². The highest BCUT2D eigenvalue weighted by molar-refractivity contribution is 5.93. The molecule has 0 bridgehead atoms. The quantitative estimate of drug-likeness (QED) is 0.790. The van der Waals surface area contributed by atoms with Crippen LogP contribution in [0.25, 0.3) is 0 Å². The molecule has 6 heteroatoms. The Labute approximate surface area is 117 Å². The molecule has 2 rings (SSSR count). The number of anilines is 1. The Kier molecular flexibility index (Phi) is 4.22. The number of urea groups is 1. The molecule has 3 N–H and O–H groups in total. The average Bonchev–Trinajstić information content (AvgIpc) is 2.42. The molecule has 108 valence electrons. The Bertz CT molecular complexity index is 482. The van der Waals surface area contributed by atoms with Crippen LogP contribution >= 0.6 is 0 Å². The number of nitrogens with zero attached hydrogens (tertiary/aromatic N) is 1. The van der Waals surface area contributed by atoms with Crippen LogP contribution in [0.1, 0.15) is 32.6 Å². The van der Waals surface area contributed by atoms with E-state index in [4.69, 9.17) is 0 Å². The molecule has 0 aromatic carbocycles. The number of rotatable bonds is 3. The lowest BCUT2D eigenvalue weighted by atomic mass is 9.77. The SMILES string of the molecule is CC1CCC(NC(=O)Nc2cccnc2)(C(=O)O)CC1. The third-order valence-corrected chi connectivity index (χ3v) is 3.81. The minimum atomic E-state index is -1.15. The Morgan fingerprint density at radius 1 is 1.40 bits per heavy atom. The number of aliphatic carboxylic acids is 1. The van der Waals surface area contributed by atoms with Crippen LogP contribution in [0.2, 0.25) is 0 Å². The number of carboxylic acid groups (broad SMARTS) is 1. The highest BCUT2D eigenvalue weighted by Crippen LogP contribution is 2.32. The maximum Gasteiger partial charge on any atom is 0.329 e. The Balaban J connectivity index is 2.02. The van der Waals surface area contributed by atoms with Gasteiger partial charge in [-0.3, -0.25) is 4.98 Å². The summed E-state index contributed by atoms with van der Waals surface area (Å²) in [5.74, 6) is -0.462. The molecule has 1 aromatic rings. The van der Waals surface area contributed by atoms with E-state index >= 15 is 0 Å². The van der Waals surface area contributed by atoms with Gasteiger partial charge in [-0.25, -0.2) is 9.59 Å². The number of aromatic nitrogens is 1. The highest BCUT2D eigenvalue weighted by Gasteiger charge is 2.42. The fraction of sp³-hybridized carbons (Fsp3) is 0.500.